The van der Waals surface area contributed by atoms with Crippen LogP contribution in [0.5, 0.6) is 0 Å². The van der Waals surface area contributed by atoms with Gasteiger partial charge in [0, 0.05) is 10.9 Å². The van der Waals surface area contributed by atoms with E-state index in [1.54, 1.807) is 19.2 Å². The molecule has 0 aliphatic heterocycles. The molecule has 0 amide bonds. The second-order valence-electron chi connectivity index (χ2n) is 6.44. The summed E-state index contributed by atoms with van der Waals surface area (Å²) in [5.74, 6) is -0.675. The Morgan fingerprint density at radius 1 is 1.10 bits per heavy atom. The van der Waals surface area contributed by atoms with Gasteiger partial charge in [-0.2, -0.15) is 4.98 Å². The minimum absolute atomic E-state index is 0.0379. The highest BCUT2D eigenvalue weighted by Crippen LogP contribution is 2.29. The van der Waals surface area contributed by atoms with E-state index in [4.69, 9.17) is 19.6 Å². The van der Waals surface area contributed by atoms with Gasteiger partial charge in [0.15, 0.2) is 18.1 Å². The molecule has 0 saturated carbocycles. The van der Waals surface area contributed by atoms with E-state index in [-0.39, 0.29) is 47.2 Å². The molecule has 2 N–H and O–H groups in total. The lowest BCUT2D eigenvalue weighted by Crippen LogP contribution is -2.10. The summed E-state index contributed by atoms with van der Waals surface area (Å²) in [6, 6.07) is 9.53. The van der Waals surface area contributed by atoms with Gasteiger partial charge < -0.3 is 19.6 Å². The maximum Gasteiger partial charge on any atom is 0.358 e. The number of carbonyl (C=O) groups is 2. The van der Waals surface area contributed by atoms with E-state index in [2.05, 4.69) is 15.0 Å². The normalized spacial score (nSPS) is 10.9. The highest BCUT2D eigenvalue weighted by molar-refractivity contribution is 7.13. The van der Waals surface area contributed by atoms with Crippen LogP contribution in [0.1, 0.15) is 39.4 Å². The Morgan fingerprint density at radius 3 is 2.61 bits per heavy atom. The minimum atomic E-state index is -0.608. The predicted octanol–water partition coefficient (Wildman–Crippen LogP) is 3.77. The Bertz CT molecular complexity index is 1270. The molecule has 0 bridgehead atoms. The van der Waals surface area contributed by atoms with Gasteiger partial charge in [-0.15, -0.1) is 11.3 Å². The molecule has 31 heavy (non-hydrogen) atoms. The predicted molar refractivity (Wildman–Crippen MR) is 114 cm³/mol. The van der Waals surface area contributed by atoms with Gasteiger partial charge in [-0.3, -0.25) is 0 Å². The Kier molecular flexibility index (Phi) is 5.63. The van der Waals surface area contributed by atoms with E-state index < -0.39 is 11.9 Å². The van der Waals surface area contributed by atoms with E-state index in [0.29, 0.717) is 10.8 Å². The van der Waals surface area contributed by atoms with E-state index in [0.717, 1.165) is 5.56 Å². The first-order chi connectivity index (χ1) is 15.0. The maximum absolute atomic E-state index is 12.4. The summed E-state index contributed by atoms with van der Waals surface area (Å²) in [5.41, 5.74) is 7.44. The van der Waals surface area contributed by atoms with Crippen LogP contribution in [-0.4, -0.2) is 33.5 Å². The highest BCUT2D eigenvalue weighted by atomic mass is 32.1. The fraction of sp³-hybridized carbons (Fsp3) is 0.190. The molecule has 3 heterocycles. The number of hydrogen-bond donors (Lipinski definition) is 1. The van der Waals surface area contributed by atoms with Gasteiger partial charge in [0.1, 0.15) is 22.1 Å². The molecule has 4 aromatic rings. The second kappa shape index (κ2) is 8.52. The molecule has 1 aromatic carbocycles. The number of nitrogens with two attached hydrogens (primary N) is 1. The number of benzene rings is 1. The third-order valence-corrected chi connectivity index (χ3v) is 5.24. The van der Waals surface area contributed by atoms with Crippen LogP contribution in [0.15, 0.2) is 40.1 Å². The number of nitrogen functional groups attached to an aromatic ring is 1. The highest BCUT2D eigenvalue weighted by Gasteiger charge is 2.24. The largest absolute Gasteiger partial charge is 0.462 e. The molecule has 0 aliphatic rings. The van der Waals surface area contributed by atoms with E-state index in [1.807, 2.05) is 30.3 Å². The first kappa shape index (κ1) is 20.5. The lowest BCUT2D eigenvalue weighted by Gasteiger charge is -2.04. The first-order valence-electron chi connectivity index (χ1n) is 9.38. The van der Waals surface area contributed by atoms with Crippen molar-refractivity contribution in [1.29, 1.82) is 0 Å². The third-order valence-electron chi connectivity index (χ3n) is 4.35. The van der Waals surface area contributed by atoms with Crippen LogP contribution in [0.4, 0.5) is 5.82 Å². The summed E-state index contributed by atoms with van der Waals surface area (Å²) < 4.78 is 15.9. The van der Waals surface area contributed by atoms with Crippen LogP contribution in [-0.2, 0) is 16.1 Å². The first-order valence-corrected chi connectivity index (χ1v) is 10.3. The topological polar surface area (TPSA) is 130 Å². The number of carbonyl (C=O) groups excluding carboxylic acids is 2. The summed E-state index contributed by atoms with van der Waals surface area (Å²) >= 11 is 1.35. The number of fused-ring (bicyclic) bond motifs is 1. The molecule has 0 unspecified atom stereocenters. The third kappa shape index (κ3) is 4.10. The van der Waals surface area contributed by atoms with E-state index >= 15 is 0 Å². The van der Waals surface area contributed by atoms with Crippen LogP contribution in [0, 0.1) is 6.92 Å². The average Bonchev–Trinajstić information content (AvgIpc) is 3.37. The zero-order chi connectivity index (χ0) is 22.0. The van der Waals surface area contributed by atoms with Crippen LogP contribution in [0.2, 0.25) is 0 Å². The zero-order valence-electron chi connectivity index (χ0n) is 16.7. The Labute approximate surface area is 180 Å². The number of thiazole rings is 1. The summed E-state index contributed by atoms with van der Waals surface area (Å²) in [5, 5.41) is 2.62. The molecule has 0 spiro atoms. The van der Waals surface area contributed by atoms with Gasteiger partial charge in [-0.1, -0.05) is 30.3 Å². The van der Waals surface area contributed by atoms with E-state index in [9.17, 15) is 9.59 Å². The Balaban J connectivity index is 1.51. The molecule has 3 aromatic heterocycles. The summed E-state index contributed by atoms with van der Waals surface area (Å²) in [6.45, 7) is 3.29. The number of anilines is 1. The number of ether oxygens (including phenoxy) is 2. The lowest BCUT2D eigenvalue weighted by atomic mass is 10.2. The average molecular weight is 438 g/mol. The SMILES string of the molecule is CCOC(=O)c1c(C)oc2nc(COC(=O)c3csc(-c4ccccc4)n3)nc(N)c12. The van der Waals surface area contributed by atoms with Gasteiger partial charge >= 0.3 is 11.9 Å². The molecule has 0 radical (unpaired) electrons. The van der Waals surface area contributed by atoms with Crippen molar-refractivity contribution < 1.29 is 23.5 Å². The fourth-order valence-electron chi connectivity index (χ4n) is 2.98. The molecule has 0 aliphatic carbocycles. The van der Waals surface area contributed by atoms with Crippen molar-refractivity contribution in [2.24, 2.45) is 0 Å². The molecule has 0 fully saturated rings. The Hall–Kier alpha value is -3.79. The zero-order valence-corrected chi connectivity index (χ0v) is 17.6. The fourth-order valence-corrected chi connectivity index (χ4v) is 3.78. The van der Waals surface area contributed by atoms with Crippen molar-refractivity contribution >= 4 is 40.2 Å². The lowest BCUT2D eigenvalue weighted by molar-refractivity contribution is 0.0455. The quantitative estimate of drug-likeness (QED) is 0.447. The number of aromatic nitrogens is 3. The van der Waals surface area contributed by atoms with Crippen LogP contribution >= 0.6 is 11.3 Å². The number of rotatable bonds is 6. The summed E-state index contributed by atoms with van der Waals surface area (Å²) in [7, 11) is 0. The molecule has 9 nitrogen and oxygen atoms in total. The van der Waals surface area contributed by atoms with Crippen molar-refractivity contribution in [3.8, 4) is 10.6 Å². The van der Waals surface area contributed by atoms with Gasteiger partial charge in [-0.05, 0) is 13.8 Å². The van der Waals surface area contributed by atoms with Crippen LogP contribution in [0.3, 0.4) is 0 Å². The molecule has 10 heteroatoms. The van der Waals surface area contributed by atoms with Crippen molar-refractivity contribution in [3.05, 3.63) is 58.6 Å². The number of aryl methyl sites for hydroxylation is 1. The van der Waals surface area contributed by atoms with Crippen molar-refractivity contribution in [3.63, 3.8) is 0 Å². The van der Waals surface area contributed by atoms with Crippen LogP contribution in [0.25, 0.3) is 21.7 Å². The summed E-state index contributed by atoms with van der Waals surface area (Å²) in [4.78, 5) is 37.2. The van der Waals surface area contributed by atoms with Gasteiger partial charge in [0.25, 0.3) is 0 Å². The van der Waals surface area contributed by atoms with Gasteiger partial charge in [0.2, 0.25) is 5.71 Å². The van der Waals surface area contributed by atoms with Crippen LogP contribution < -0.4 is 5.73 Å². The number of hydrogen-bond acceptors (Lipinski definition) is 10. The van der Waals surface area contributed by atoms with Crippen molar-refractivity contribution in [2.75, 3.05) is 12.3 Å². The molecule has 0 atom stereocenters. The number of nitrogens with zero attached hydrogens (tertiary/aromatic N) is 3. The smallest absolute Gasteiger partial charge is 0.358 e. The van der Waals surface area contributed by atoms with E-state index in [1.165, 1.54) is 11.3 Å². The van der Waals surface area contributed by atoms with Crippen molar-refractivity contribution in [2.45, 2.75) is 20.5 Å². The number of furan rings is 1. The van der Waals surface area contributed by atoms with Gasteiger partial charge in [-0.25, -0.2) is 19.6 Å². The molecule has 158 valence electrons. The Morgan fingerprint density at radius 2 is 1.87 bits per heavy atom. The molecular formula is C21H18N4O5S. The monoisotopic (exact) mass is 438 g/mol. The molecule has 0 saturated heterocycles. The number of esters is 2. The molecular weight excluding hydrogens is 420 g/mol. The van der Waals surface area contributed by atoms with Crippen molar-refractivity contribution in [1.82, 2.24) is 15.0 Å². The maximum atomic E-state index is 12.4. The standard InChI is InChI=1S/C21H18N4O5S/c1-3-28-21(27)15-11(2)30-18-16(15)17(22)24-14(25-18)9-29-20(26)13-10-31-19(23-13)12-7-5-4-6-8-12/h4-8,10H,3,9H2,1-2H3,(H2,22,24,25). The molecule has 4 rings (SSSR count). The second-order valence-corrected chi connectivity index (χ2v) is 7.30. The minimum Gasteiger partial charge on any atom is -0.462 e. The van der Waals surface area contributed by atoms with Gasteiger partial charge in [0.05, 0.1) is 12.0 Å². The summed E-state index contributed by atoms with van der Waals surface area (Å²) in [6.07, 6.45) is 0.